The lowest BCUT2D eigenvalue weighted by Gasteiger charge is -2.27. The Bertz CT molecular complexity index is 454. The van der Waals surface area contributed by atoms with E-state index in [1.54, 1.807) is 0 Å². The van der Waals surface area contributed by atoms with Gasteiger partial charge in [-0.15, -0.1) is 0 Å². The van der Waals surface area contributed by atoms with Crippen LogP contribution in [0, 0.1) is 0 Å². The molecule has 1 unspecified atom stereocenters. The van der Waals surface area contributed by atoms with Gasteiger partial charge in [0.05, 0.1) is 11.8 Å². The van der Waals surface area contributed by atoms with E-state index in [9.17, 15) is 9.59 Å². The Morgan fingerprint density at radius 3 is 2.35 bits per heavy atom. The Morgan fingerprint density at radius 1 is 1.25 bits per heavy atom. The van der Waals surface area contributed by atoms with Gasteiger partial charge in [-0.25, -0.2) is 0 Å². The molecule has 0 fully saturated rings. The summed E-state index contributed by atoms with van der Waals surface area (Å²) < 4.78 is 0. The summed E-state index contributed by atoms with van der Waals surface area (Å²) >= 11 is 0. The highest BCUT2D eigenvalue weighted by atomic mass is 16.4. The molecule has 1 atom stereocenters. The molecule has 1 aromatic carbocycles. The monoisotopic (exact) mass is 277 g/mol. The number of carboxylic acids is 1. The van der Waals surface area contributed by atoms with Gasteiger partial charge in [0.25, 0.3) is 0 Å². The highest BCUT2D eigenvalue weighted by Crippen LogP contribution is 2.23. The van der Waals surface area contributed by atoms with Crippen LogP contribution in [0.3, 0.4) is 0 Å². The van der Waals surface area contributed by atoms with Gasteiger partial charge in [-0.05, 0) is 25.8 Å². The van der Waals surface area contributed by atoms with Crippen molar-refractivity contribution < 1.29 is 14.7 Å². The van der Waals surface area contributed by atoms with Gasteiger partial charge >= 0.3 is 5.97 Å². The molecule has 0 aliphatic carbocycles. The fourth-order valence-electron chi connectivity index (χ4n) is 2.14. The molecule has 0 aliphatic rings. The van der Waals surface area contributed by atoms with Crippen LogP contribution in [-0.4, -0.2) is 23.0 Å². The minimum atomic E-state index is -0.888. The van der Waals surface area contributed by atoms with E-state index in [4.69, 9.17) is 5.11 Å². The zero-order valence-corrected chi connectivity index (χ0v) is 12.3. The molecule has 110 valence electrons. The molecule has 0 spiro atoms. The van der Waals surface area contributed by atoms with Crippen LogP contribution in [0.2, 0.25) is 0 Å². The first-order chi connectivity index (χ1) is 9.37. The molecular weight excluding hydrogens is 254 g/mol. The lowest BCUT2D eigenvalue weighted by molar-refractivity contribution is -0.138. The predicted molar refractivity (Wildman–Crippen MR) is 78.6 cm³/mol. The third kappa shape index (κ3) is 4.37. The van der Waals surface area contributed by atoms with Gasteiger partial charge in [0, 0.05) is 6.04 Å². The second-order valence-electron chi connectivity index (χ2n) is 5.55. The highest BCUT2D eigenvalue weighted by molar-refractivity contribution is 5.87. The molecule has 0 saturated heterocycles. The molecule has 4 nitrogen and oxygen atoms in total. The number of hydrogen-bond donors (Lipinski definition) is 2. The molecule has 4 heteroatoms. The first-order valence-corrected chi connectivity index (χ1v) is 6.96. The number of rotatable bonds is 7. The predicted octanol–water partition coefficient (Wildman–Crippen LogP) is 2.72. The Balaban J connectivity index is 2.79. The third-order valence-electron chi connectivity index (χ3n) is 3.46. The second-order valence-corrected chi connectivity index (χ2v) is 5.55. The van der Waals surface area contributed by atoms with E-state index in [-0.39, 0.29) is 18.4 Å². The average Bonchev–Trinajstić information content (AvgIpc) is 2.39. The van der Waals surface area contributed by atoms with Gasteiger partial charge in [0.15, 0.2) is 0 Å². The molecule has 1 rings (SSSR count). The highest BCUT2D eigenvalue weighted by Gasteiger charge is 2.31. The summed E-state index contributed by atoms with van der Waals surface area (Å²) in [5, 5.41) is 11.8. The van der Waals surface area contributed by atoms with Gasteiger partial charge in [0.2, 0.25) is 5.91 Å². The molecule has 0 radical (unpaired) electrons. The quantitative estimate of drug-likeness (QED) is 0.805. The number of amides is 1. The first-order valence-electron chi connectivity index (χ1n) is 6.96. The third-order valence-corrected chi connectivity index (χ3v) is 3.46. The maximum Gasteiger partial charge on any atom is 0.305 e. The topological polar surface area (TPSA) is 66.4 Å². The van der Waals surface area contributed by atoms with Gasteiger partial charge in [-0.3, -0.25) is 9.59 Å². The molecule has 0 bridgehead atoms. The normalized spacial score (nSPS) is 12.8. The van der Waals surface area contributed by atoms with Crippen molar-refractivity contribution in [1.29, 1.82) is 0 Å². The molecule has 0 aliphatic heterocycles. The van der Waals surface area contributed by atoms with Crippen molar-refractivity contribution in [2.24, 2.45) is 0 Å². The van der Waals surface area contributed by atoms with E-state index in [0.29, 0.717) is 6.42 Å². The smallest absolute Gasteiger partial charge is 0.305 e. The molecule has 0 aromatic heterocycles. The maximum absolute atomic E-state index is 12.4. The zero-order chi connectivity index (χ0) is 15.2. The molecule has 2 N–H and O–H groups in total. The van der Waals surface area contributed by atoms with Crippen LogP contribution >= 0.6 is 0 Å². The Labute approximate surface area is 120 Å². The summed E-state index contributed by atoms with van der Waals surface area (Å²) in [7, 11) is 0. The first kappa shape index (κ1) is 16.2. The van der Waals surface area contributed by atoms with Crippen LogP contribution in [0.4, 0.5) is 0 Å². The lowest BCUT2D eigenvalue weighted by atomic mass is 9.83. The number of nitrogens with one attached hydrogen (secondary N) is 1. The van der Waals surface area contributed by atoms with E-state index >= 15 is 0 Å². The number of hydrogen-bond acceptors (Lipinski definition) is 2. The lowest BCUT2D eigenvalue weighted by Crippen LogP contribution is -2.45. The largest absolute Gasteiger partial charge is 0.481 e. The molecule has 0 heterocycles. The van der Waals surface area contributed by atoms with Crippen LogP contribution in [0.1, 0.15) is 45.6 Å². The standard InChI is InChI=1S/C16H23NO3/c1-4-8-13(11-14(18)19)17-15(20)16(2,3)12-9-6-5-7-10-12/h5-7,9-10,13H,4,8,11H2,1-3H3,(H,17,20)(H,18,19). The number of benzene rings is 1. The number of aliphatic carboxylic acids is 1. The summed E-state index contributed by atoms with van der Waals surface area (Å²) in [4.78, 5) is 23.3. The van der Waals surface area contributed by atoms with Crippen molar-refractivity contribution in [3.05, 3.63) is 35.9 Å². The van der Waals surface area contributed by atoms with Crippen LogP contribution in [0.5, 0.6) is 0 Å². The van der Waals surface area contributed by atoms with Crippen LogP contribution in [0.25, 0.3) is 0 Å². The molecular formula is C16H23NO3. The Hall–Kier alpha value is -1.84. The van der Waals surface area contributed by atoms with Crippen molar-refractivity contribution >= 4 is 11.9 Å². The van der Waals surface area contributed by atoms with Crippen molar-refractivity contribution in [2.75, 3.05) is 0 Å². The average molecular weight is 277 g/mol. The Kier molecular flexibility index (Phi) is 5.74. The van der Waals surface area contributed by atoms with Crippen LogP contribution in [-0.2, 0) is 15.0 Å². The molecule has 1 amide bonds. The number of carbonyl (C=O) groups is 2. The zero-order valence-electron chi connectivity index (χ0n) is 12.3. The van der Waals surface area contributed by atoms with Crippen LogP contribution < -0.4 is 5.32 Å². The number of carbonyl (C=O) groups excluding carboxylic acids is 1. The van der Waals surface area contributed by atoms with Gasteiger partial charge in [-0.1, -0.05) is 43.7 Å². The maximum atomic E-state index is 12.4. The Morgan fingerprint density at radius 2 is 1.85 bits per heavy atom. The molecule has 20 heavy (non-hydrogen) atoms. The van der Waals surface area contributed by atoms with Crippen LogP contribution in [0.15, 0.2) is 30.3 Å². The van der Waals surface area contributed by atoms with E-state index in [0.717, 1.165) is 12.0 Å². The second kappa shape index (κ2) is 7.08. The van der Waals surface area contributed by atoms with Crippen molar-refractivity contribution in [2.45, 2.75) is 51.5 Å². The minimum absolute atomic E-state index is 0.0373. The van der Waals surface area contributed by atoms with E-state index in [2.05, 4.69) is 5.32 Å². The van der Waals surface area contributed by atoms with Crippen molar-refractivity contribution in [3.63, 3.8) is 0 Å². The molecule has 1 aromatic rings. The summed E-state index contributed by atoms with van der Waals surface area (Å²) in [5.41, 5.74) is 0.245. The van der Waals surface area contributed by atoms with E-state index in [1.165, 1.54) is 0 Å². The fourth-order valence-corrected chi connectivity index (χ4v) is 2.14. The summed E-state index contributed by atoms with van der Waals surface area (Å²) in [5.74, 6) is -1.02. The van der Waals surface area contributed by atoms with Gasteiger partial charge in [0.1, 0.15) is 0 Å². The van der Waals surface area contributed by atoms with Gasteiger partial charge < -0.3 is 10.4 Å². The fraction of sp³-hybridized carbons (Fsp3) is 0.500. The van der Waals surface area contributed by atoms with Crippen molar-refractivity contribution in [1.82, 2.24) is 5.32 Å². The van der Waals surface area contributed by atoms with E-state index in [1.807, 2.05) is 51.1 Å². The number of carboxylic acid groups (broad SMARTS) is 1. The summed E-state index contributed by atoms with van der Waals surface area (Å²) in [6, 6.07) is 9.20. The van der Waals surface area contributed by atoms with E-state index < -0.39 is 11.4 Å². The van der Waals surface area contributed by atoms with Gasteiger partial charge in [-0.2, -0.15) is 0 Å². The summed E-state index contributed by atoms with van der Waals surface area (Å²) in [6.45, 7) is 5.67. The summed E-state index contributed by atoms with van der Waals surface area (Å²) in [6.07, 6.45) is 1.47. The minimum Gasteiger partial charge on any atom is -0.481 e. The van der Waals surface area contributed by atoms with Crippen molar-refractivity contribution in [3.8, 4) is 0 Å². The SMILES string of the molecule is CCCC(CC(=O)O)NC(=O)C(C)(C)c1ccccc1. The molecule has 0 saturated carbocycles.